The van der Waals surface area contributed by atoms with E-state index in [0.29, 0.717) is 18.8 Å². The van der Waals surface area contributed by atoms with Gasteiger partial charge >= 0.3 is 12.0 Å². The lowest BCUT2D eigenvalue weighted by Crippen LogP contribution is -2.60. The molecule has 0 heterocycles. The van der Waals surface area contributed by atoms with Crippen LogP contribution in [0.15, 0.2) is 0 Å². The first-order valence-electron chi connectivity index (χ1n) is 6.84. The molecule has 0 saturated heterocycles. The molecule has 1 rings (SSSR count). The normalized spacial score (nSPS) is 27.2. The zero-order valence-corrected chi connectivity index (χ0v) is 12.2. The second-order valence-corrected chi connectivity index (χ2v) is 5.50. The molecule has 3 amide bonds. The van der Waals surface area contributed by atoms with Crippen molar-refractivity contribution in [2.24, 2.45) is 5.92 Å². The van der Waals surface area contributed by atoms with Gasteiger partial charge in [0, 0.05) is 7.05 Å². The molecule has 0 spiro atoms. The highest BCUT2D eigenvalue weighted by Crippen LogP contribution is 2.32. The smallest absolute Gasteiger partial charge is 0.329 e. The molecule has 1 atom stereocenters. The average molecular weight is 285 g/mol. The minimum Gasteiger partial charge on any atom is -0.480 e. The SMILES string of the molecule is CNC(=O)C(C)NC(=O)NC1(C(=O)O)CCC(C)CC1. The number of hydrogen-bond acceptors (Lipinski definition) is 3. The number of hydrogen-bond donors (Lipinski definition) is 4. The van der Waals surface area contributed by atoms with E-state index in [2.05, 4.69) is 22.9 Å². The number of carboxylic acids is 1. The number of rotatable bonds is 4. The third-order valence-corrected chi connectivity index (χ3v) is 3.88. The lowest BCUT2D eigenvalue weighted by molar-refractivity contribution is -0.146. The quantitative estimate of drug-likeness (QED) is 0.601. The lowest BCUT2D eigenvalue weighted by atomic mass is 9.77. The second-order valence-electron chi connectivity index (χ2n) is 5.50. The van der Waals surface area contributed by atoms with Crippen molar-refractivity contribution < 1.29 is 19.5 Å². The standard InChI is InChI=1S/C13H23N3O4/c1-8-4-6-13(7-5-8,11(18)19)16-12(20)15-9(2)10(17)14-3/h8-9H,4-7H2,1-3H3,(H,14,17)(H,18,19)(H2,15,16,20). The predicted molar refractivity (Wildman–Crippen MR) is 73.2 cm³/mol. The summed E-state index contributed by atoms with van der Waals surface area (Å²) < 4.78 is 0. The molecule has 0 aromatic carbocycles. The summed E-state index contributed by atoms with van der Waals surface area (Å²) in [4.78, 5) is 34.7. The van der Waals surface area contributed by atoms with Gasteiger partial charge in [-0.25, -0.2) is 9.59 Å². The Labute approximate surface area is 118 Å². The van der Waals surface area contributed by atoms with Crippen LogP contribution < -0.4 is 16.0 Å². The Bertz CT molecular complexity index is 389. The van der Waals surface area contributed by atoms with Crippen LogP contribution in [0.3, 0.4) is 0 Å². The van der Waals surface area contributed by atoms with Gasteiger partial charge in [-0.05, 0) is 38.5 Å². The maximum Gasteiger partial charge on any atom is 0.329 e. The Hall–Kier alpha value is -1.79. The fourth-order valence-electron chi connectivity index (χ4n) is 2.38. The van der Waals surface area contributed by atoms with E-state index in [4.69, 9.17) is 0 Å². The van der Waals surface area contributed by atoms with Crippen LogP contribution in [0.4, 0.5) is 4.79 Å². The van der Waals surface area contributed by atoms with E-state index < -0.39 is 23.6 Å². The summed E-state index contributed by atoms with van der Waals surface area (Å²) in [5.74, 6) is -0.883. The summed E-state index contributed by atoms with van der Waals surface area (Å²) in [6.07, 6.45) is 2.34. The number of nitrogens with one attached hydrogen (secondary N) is 3. The summed E-state index contributed by atoms with van der Waals surface area (Å²) in [5.41, 5.74) is -1.22. The molecule has 0 aromatic rings. The molecule has 7 nitrogen and oxygen atoms in total. The maximum absolute atomic E-state index is 11.9. The van der Waals surface area contributed by atoms with Crippen molar-refractivity contribution >= 4 is 17.9 Å². The van der Waals surface area contributed by atoms with E-state index in [0.717, 1.165) is 12.8 Å². The molecule has 7 heteroatoms. The first-order chi connectivity index (χ1) is 9.30. The fraction of sp³-hybridized carbons (Fsp3) is 0.769. The zero-order chi connectivity index (χ0) is 15.3. The minimum absolute atomic E-state index is 0.332. The highest BCUT2D eigenvalue weighted by molar-refractivity contribution is 5.90. The molecular formula is C13H23N3O4. The Morgan fingerprint density at radius 2 is 1.80 bits per heavy atom. The van der Waals surface area contributed by atoms with E-state index >= 15 is 0 Å². The van der Waals surface area contributed by atoms with E-state index in [1.807, 2.05) is 0 Å². The van der Waals surface area contributed by atoms with E-state index in [1.54, 1.807) is 0 Å². The highest BCUT2D eigenvalue weighted by atomic mass is 16.4. The van der Waals surface area contributed by atoms with Gasteiger partial charge in [-0.15, -0.1) is 0 Å². The van der Waals surface area contributed by atoms with Gasteiger partial charge in [0.15, 0.2) is 0 Å². The largest absolute Gasteiger partial charge is 0.480 e. The average Bonchev–Trinajstić information content (AvgIpc) is 2.40. The summed E-state index contributed by atoms with van der Waals surface area (Å²) in [6.45, 7) is 3.61. The third kappa shape index (κ3) is 3.85. The van der Waals surface area contributed by atoms with Crippen molar-refractivity contribution in [1.82, 2.24) is 16.0 Å². The van der Waals surface area contributed by atoms with Gasteiger partial charge in [0.2, 0.25) is 5.91 Å². The molecule has 0 aromatic heterocycles. The second kappa shape index (κ2) is 6.58. The summed E-state index contributed by atoms with van der Waals surface area (Å²) >= 11 is 0. The minimum atomic E-state index is -1.22. The number of carbonyl (C=O) groups is 3. The first kappa shape index (κ1) is 16.3. The maximum atomic E-state index is 11.9. The number of carbonyl (C=O) groups excluding carboxylic acids is 2. The lowest BCUT2D eigenvalue weighted by Gasteiger charge is -2.36. The van der Waals surface area contributed by atoms with Gasteiger partial charge in [0.05, 0.1) is 0 Å². The molecule has 0 radical (unpaired) electrons. The van der Waals surface area contributed by atoms with Gasteiger partial charge in [0.25, 0.3) is 0 Å². The Morgan fingerprint density at radius 3 is 2.25 bits per heavy atom. The highest BCUT2D eigenvalue weighted by Gasteiger charge is 2.42. The molecular weight excluding hydrogens is 262 g/mol. The number of urea groups is 1. The molecule has 20 heavy (non-hydrogen) atoms. The predicted octanol–water partition coefficient (Wildman–Crippen LogP) is 0.454. The van der Waals surface area contributed by atoms with Gasteiger partial charge in [0.1, 0.15) is 11.6 Å². The van der Waals surface area contributed by atoms with Crippen LogP contribution in [0, 0.1) is 5.92 Å². The van der Waals surface area contributed by atoms with Crippen LogP contribution in [0.1, 0.15) is 39.5 Å². The first-order valence-corrected chi connectivity index (χ1v) is 6.84. The Morgan fingerprint density at radius 1 is 1.25 bits per heavy atom. The molecule has 1 aliphatic rings. The van der Waals surface area contributed by atoms with Crippen molar-refractivity contribution in [2.75, 3.05) is 7.05 Å². The van der Waals surface area contributed by atoms with E-state index in [9.17, 15) is 19.5 Å². The summed E-state index contributed by atoms with van der Waals surface area (Å²) in [6, 6.07) is -1.34. The Kier molecular flexibility index (Phi) is 5.35. The molecule has 0 aliphatic heterocycles. The topological polar surface area (TPSA) is 108 Å². The van der Waals surface area contributed by atoms with E-state index in [1.165, 1.54) is 14.0 Å². The molecule has 1 aliphatic carbocycles. The van der Waals surface area contributed by atoms with Crippen LogP contribution in [-0.4, -0.2) is 41.6 Å². The van der Waals surface area contributed by atoms with Crippen molar-refractivity contribution in [3.63, 3.8) is 0 Å². The molecule has 1 fully saturated rings. The van der Waals surface area contributed by atoms with Crippen LogP contribution in [-0.2, 0) is 9.59 Å². The van der Waals surface area contributed by atoms with Gasteiger partial charge in [-0.1, -0.05) is 6.92 Å². The molecule has 114 valence electrons. The number of amides is 3. The van der Waals surface area contributed by atoms with Gasteiger partial charge in [-0.2, -0.15) is 0 Å². The third-order valence-electron chi connectivity index (χ3n) is 3.88. The molecule has 1 unspecified atom stereocenters. The van der Waals surface area contributed by atoms with Crippen LogP contribution >= 0.6 is 0 Å². The summed E-state index contributed by atoms with van der Waals surface area (Å²) in [5, 5.41) is 16.8. The van der Waals surface area contributed by atoms with Crippen LogP contribution in [0.2, 0.25) is 0 Å². The van der Waals surface area contributed by atoms with Crippen LogP contribution in [0.25, 0.3) is 0 Å². The summed E-state index contributed by atoms with van der Waals surface area (Å²) in [7, 11) is 1.47. The van der Waals surface area contributed by atoms with Gasteiger partial charge in [-0.3, -0.25) is 4.79 Å². The van der Waals surface area contributed by atoms with Crippen molar-refractivity contribution in [3.8, 4) is 0 Å². The van der Waals surface area contributed by atoms with E-state index in [-0.39, 0.29) is 5.91 Å². The number of aliphatic carboxylic acids is 1. The van der Waals surface area contributed by atoms with Crippen molar-refractivity contribution in [1.29, 1.82) is 0 Å². The van der Waals surface area contributed by atoms with Crippen molar-refractivity contribution in [2.45, 2.75) is 51.1 Å². The number of likely N-dealkylation sites (N-methyl/N-ethyl adjacent to an activating group) is 1. The fourth-order valence-corrected chi connectivity index (χ4v) is 2.38. The van der Waals surface area contributed by atoms with Crippen LogP contribution in [0.5, 0.6) is 0 Å². The van der Waals surface area contributed by atoms with Gasteiger partial charge < -0.3 is 21.1 Å². The zero-order valence-electron chi connectivity index (χ0n) is 12.2. The molecule has 4 N–H and O–H groups in total. The molecule has 1 saturated carbocycles. The molecule has 0 bridgehead atoms. The number of carboxylic acid groups (broad SMARTS) is 1. The Balaban J connectivity index is 2.65. The monoisotopic (exact) mass is 285 g/mol. The van der Waals surface area contributed by atoms with Crippen molar-refractivity contribution in [3.05, 3.63) is 0 Å².